The molecule has 1 unspecified atom stereocenters. The van der Waals surface area contributed by atoms with E-state index in [9.17, 15) is 14.4 Å². The van der Waals surface area contributed by atoms with Gasteiger partial charge in [-0.3, -0.25) is 4.79 Å². The minimum absolute atomic E-state index is 0.0167. The number of nitrogens with one attached hydrogen (secondary N) is 1. The molecule has 1 aliphatic rings. The van der Waals surface area contributed by atoms with Crippen LogP contribution in [0.4, 0.5) is 4.79 Å². The molecule has 19 heavy (non-hydrogen) atoms. The molecule has 2 N–H and O–H groups in total. The van der Waals surface area contributed by atoms with E-state index in [0.717, 1.165) is 0 Å². The summed E-state index contributed by atoms with van der Waals surface area (Å²) < 4.78 is 5.01. The molecule has 0 aliphatic carbocycles. The maximum absolute atomic E-state index is 11.8. The molecule has 1 aliphatic heterocycles. The number of carbonyl (C=O) groups is 3. The highest BCUT2D eigenvalue weighted by molar-refractivity contribution is 5.79. The van der Waals surface area contributed by atoms with Crippen molar-refractivity contribution in [1.82, 2.24) is 15.1 Å². The van der Waals surface area contributed by atoms with Crippen molar-refractivity contribution in [2.75, 3.05) is 40.3 Å². The molecule has 1 heterocycles. The molecule has 8 nitrogen and oxygen atoms in total. The Bertz CT molecular complexity index is 358. The van der Waals surface area contributed by atoms with E-state index in [1.807, 2.05) is 0 Å². The number of hydrogen-bond acceptors (Lipinski definition) is 4. The van der Waals surface area contributed by atoms with Gasteiger partial charge in [-0.15, -0.1) is 0 Å². The van der Waals surface area contributed by atoms with Gasteiger partial charge in [0.25, 0.3) is 0 Å². The van der Waals surface area contributed by atoms with E-state index >= 15 is 0 Å². The Hall–Kier alpha value is -1.83. The first-order valence-electron chi connectivity index (χ1n) is 5.99. The maximum Gasteiger partial charge on any atom is 0.334 e. The third-order valence-electron chi connectivity index (χ3n) is 2.74. The predicted molar refractivity (Wildman–Crippen MR) is 65.7 cm³/mol. The summed E-state index contributed by atoms with van der Waals surface area (Å²) in [6, 6.07) is -0.374. The Morgan fingerprint density at radius 3 is 2.68 bits per heavy atom. The van der Waals surface area contributed by atoms with Crippen molar-refractivity contribution < 1.29 is 24.2 Å². The number of carboxylic acids is 1. The number of nitrogens with zero attached hydrogens (tertiary/aromatic N) is 2. The van der Waals surface area contributed by atoms with E-state index in [-0.39, 0.29) is 38.1 Å². The van der Waals surface area contributed by atoms with E-state index in [2.05, 4.69) is 5.32 Å². The lowest BCUT2D eigenvalue weighted by Crippen LogP contribution is -2.52. The van der Waals surface area contributed by atoms with Crippen molar-refractivity contribution >= 4 is 17.9 Å². The van der Waals surface area contributed by atoms with Crippen molar-refractivity contribution in [2.45, 2.75) is 12.5 Å². The van der Waals surface area contributed by atoms with Gasteiger partial charge in [0.15, 0.2) is 6.10 Å². The molecule has 0 spiro atoms. The highest BCUT2D eigenvalue weighted by atomic mass is 16.5. The fourth-order valence-electron chi connectivity index (χ4n) is 1.59. The smallest absolute Gasteiger partial charge is 0.334 e. The molecule has 1 saturated heterocycles. The molecule has 0 bridgehead atoms. The molecule has 3 amide bonds. The SMILES string of the molecule is CN(C)C(=O)CCNC(=O)N1CCOC(C(=O)O)C1. The highest BCUT2D eigenvalue weighted by Gasteiger charge is 2.28. The van der Waals surface area contributed by atoms with E-state index in [0.29, 0.717) is 6.54 Å². The number of urea groups is 1. The first-order chi connectivity index (χ1) is 8.91. The number of ether oxygens (including phenoxy) is 1. The minimum atomic E-state index is -1.08. The van der Waals surface area contributed by atoms with Crippen LogP contribution in [-0.2, 0) is 14.3 Å². The van der Waals surface area contributed by atoms with Crippen LogP contribution in [0.15, 0.2) is 0 Å². The third kappa shape index (κ3) is 4.74. The van der Waals surface area contributed by atoms with Gasteiger partial charge in [0.2, 0.25) is 5.91 Å². The van der Waals surface area contributed by atoms with Gasteiger partial charge < -0.3 is 25.0 Å². The summed E-state index contributed by atoms with van der Waals surface area (Å²) in [6.07, 6.45) is -0.770. The van der Waals surface area contributed by atoms with Gasteiger partial charge in [-0.05, 0) is 0 Å². The Morgan fingerprint density at radius 1 is 1.42 bits per heavy atom. The van der Waals surface area contributed by atoms with Crippen LogP contribution >= 0.6 is 0 Å². The average molecular weight is 273 g/mol. The van der Waals surface area contributed by atoms with E-state index in [4.69, 9.17) is 9.84 Å². The van der Waals surface area contributed by atoms with Gasteiger partial charge in [-0.1, -0.05) is 0 Å². The second kappa shape index (κ2) is 6.93. The van der Waals surface area contributed by atoms with Crippen LogP contribution in [0.5, 0.6) is 0 Å². The van der Waals surface area contributed by atoms with Crippen LogP contribution in [0.3, 0.4) is 0 Å². The number of hydrogen-bond donors (Lipinski definition) is 2. The van der Waals surface area contributed by atoms with Crippen molar-refractivity contribution in [3.8, 4) is 0 Å². The summed E-state index contributed by atoms with van der Waals surface area (Å²) in [5, 5.41) is 11.4. The van der Waals surface area contributed by atoms with Gasteiger partial charge in [0.05, 0.1) is 13.2 Å². The molecule has 1 rings (SSSR count). The van der Waals surface area contributed by atoms with Gasteiger partial charge >= 0.3 is 12.0 Å². The average Bonchev–Trinajstić information content (AvgIpc) is 2.38. The largest absolute Gasteiger partial charge is 0.479 e. The normalized spacial score (nSPS) is 18.8. The van der Waals surface area contributed by atoms with E-state index in [1.54, 1.807) is 14.1 Å². The van der Waals surface area contributed by atoms with Crippen LogP contribution in [0.25, 0.3) is 0 Å². The molecular weight excluding hydrogens is 254 g/mol. The predicted octanol–water partition coefficient (Wildman–Crippen LogP) is -1.04. The lowest BCUT2D eigenvalue weighted by atomic mass is 10.3. The Morgan fingerprint density at radius 2 is 2.11 bits per heavy atom. The number of carboxylic acid groups (broad SMARTS) is 1. The summed E-state index contributed by atoms with van der Waals surface area (Å²) in [6.45, 7) is 0.784. The molecule has 0 saturated carbocycles. The number of rotatable bonds is 4. The van der Waals surface area contributed by atoms with Crippen LogP contribution in [0, 0.1) is 0 Å². The lowest BCUT2D eigenvalue weighted by Gasteiger charge is -2.30. The molecular formula is C11H19N3O5. The van der Waals surface area contributed by atoms with Gasteiger partial charge in [-0.25, -0.2) is 9.59 Å². The number of morpholine rings is 1. The zero-order valence-corrected chi connectivity index (χ0v) is 11.1. The highest BCUT2D eigenvalue weighted by Crippen LogP contribution is 2.05. The zero-order valence-electron chi connectivity index (χ0n) is 11.1. The third-order valence-corrected chi connectivity index (χ3v) is 2.74. The summed E-state index contributed by atoms with van der Waals surface area (Å²) >= 11 is 0. The second-order valence-electron chi connectivity index (χ2n) is 4.41. The lowest BCUT2D eigenvalue weighted by molar-refractivity contribution is -0.154. The van der Waals surface area contributed by atoms with Gasteiger partial charge in [-0.2, -0.15) is 0 Å². The van der Waals surface area contributed by atoms with E-state index < -0.39 is 12.1 Å². The van der Waals surface area contributed by atoms with Crippen molar-refractivity contribution in [2.24, 2.45) is 0 Å². The summed E-state index contributed by atoms with van der Waals surface area (Å²) in [7, 11) is 3.28. The summed E-state index contributed by atoms with van der Waals surface area (Å²) in [5.74, 6) is -1.16. The van der Waals surface area contributed by atoms with Crippen LogP contribution in [0.1, 0.15) is 6.42 Å². The molecule has 1 fully saturated rings. The van der Waals surface area contributed by atoms with Crippen molar-refractivity contribution in [3.05, 3.63) is 0 Å². The maximum atomic E-state index is 11.8. The number of amides is 3. The van der Waals surface area contributed by atoms with Crippen LogP contribution in [0.2, 0.25) is 0 Å². The molecule has 0 radical (unpaired) electrons. The number of carbonyl (C=O) groups excluding carboxylic acids is 2. The Kier molecular flexibility index (Phi) is 5.56. The Balaban J connectivity index is 2.33. The zero-order chi connectivity index (χ0) is 14.4. The number of aliphatic carboxylic acids is 1. The fraction of sp³-hybridized carbons (Fsp3) is 0.727. The topological polar surface area (TPSA) is 99.2 Å². The molecule has 0 aromatic heterocycles. The summed E-state index contributed by atoms with van der Waals surface area (Å²) in [5.41, 5.74) is 0. The minimum Gasteiger partial charge on any atom is -0.479 e. The van der Waals surface area contributed by atoms with Crippen molar-refractivity contribution in [3.63, 3.8) is 0 Å². The fourth-order valence-corrected chi connectivity index (χ4v) is 1.59. The standard InChI is InChI=1S/C11H19N3O5/c1-13(2)9(15)3-4-12-11(18)14-5-6-19-8(7-14)10(16)17/h8H,3-7H2,1-2H3,(H,12,18)(H,16,17). The second-order valence-corrected chi connectivity index (χ2v) is 4.41. The molecule has 108 valence electrons. The first-order valence-corrected chi connectivity index (χ1v) is 5.99. The van der Waals surface area contributed by atoms with Gasteiger partial charge in [0, 0.05) is 33.6 Å². The quantitative estimate of drug-likeness (QED) is 0.681. The Labute approximate surface area is 111 Å². The van der Waals surface area contributed by atoms with Crippen LogP contribution < -0.4 is 5.32 Å². The van der Waals surface area contributed by atoms with E-state index in [1.165, 1.54) is 9.80 Å². The monoisotopic (exact) mass is 273 g/mol. The molecule has 0 aromatic rings. The first kappa shape index (κ1) is 15.2. The molecule has 0 aromatic carbocycles. The van der Waals surface area contributed by atoms with Crippen LogP contribution in [-0.4, -0.2) is 79.3 Å². The van der Waals surface area contributed by atoms with Gasteiger partial charge in [0.1, 0.15) is 0 Å². The molecule has 8 heteroatoms. The summed E-state index contributed by atoms with van der Waals surface area (Å²) in [4.78, 5) is 36.7. The molecule has 1 atom stereocenters. The van der Waals surface area contributed by atoms with Crippen molar-refractivity contribution in [1.29, 1.82) is 0 Å².